The first-order valence-electron chi connectivity index (χ1n) is 5.34. The Kier molecular flexibility index (Phi) is 2.84. The summed E-state index contributed by atoms with van der Waals surface area (Å²) in [5.41, 5.74) is 1.41. The summed E-state index contributed by atoms with van der Waals surface area (Å²) in [7, 11) is 0. The van der Waals surface area contributed by atoms with Crippen LogP contribution in [0, 0.1) is 17.2 Å². The molecule has 14 heavy (non-hydrogen) atoms. The van der Waals surface area contributed by atoms with Gasteiger partial charge >= 0.3 is 0 Å². The van der Waals surface area contributed by atoms with Gasteiger partial charge in [-0.25, -0.2) is 0 Å². The molecule has 0 spiro atoms. The van der Waals surface area contributed by atoms with Gasteiger partial charge in [0.05, 0.1) is 6.07 Å². The van der Waals surface area contributed by atoms with Crippen LogP contribution in [0.4, 0.5) is 0 Å². The van der Waals surface area contributed by atoms with Crippen molar-refractivity contribution in [2.75, 3.05) is 0 Å². The van der Waals surface area contributed by atoms with Crippen LogP contribution >= 0.6 is 0 Å². The van der Waals surface area contributed by atoms with Gasteiger partial charge in [0.15, 0.2) is 0 Å². The molecule has 72 valence electrons. The molecule has 1 nitrogen and oxygen atoms in total. The molecular weight excluding hydrogens is 170 g/mol. The van der Waals surface area contributed by atoms with Crippen molar-refractivity contribution in [3.63, 3.8) is 0 Å². The predicted molar refractivity (Wildman–Crippen MR) is 56.8 cm³/mol. The third-order valence-electron chi connectivity index (χ3n) is 3.13. The van der Waals surface area contributed by atoms with Crippen molar-refractivity contribution in [2.24, 2.45) is 5.92 Å². The van der Waals surface area contributed by atoms with Crippen molar-refractivity contribution >= 4 is 0 Å². The fourth-order valence-electron chi connectivity index (χ4n) is 2.34. The Balaban J connectivity index is 2.09. The largest absolute Gasteiger partial charge is 0.198 e. The molecule has 1 aromatic carbocycles. The molecule has 0 bridgehead atoms. The maximum Gasteiger partial charge on any atom is 0.0656 e. The number of nitriles is 1. The van der Waals surface area contributed by atoms with Crippen molar-refractivity contribution < 1.29 is 0 Å². The monoisotopic (exact) mass is 185 g/mol. The van der Waals surface area contributed by atoms with Gasteiger partial charge in [-0.15, -0.1) is 0 Å². The fraction of sp³-hybridized carbons (Fsp3) is 0.462. The van der Waals surface area contributed by atoms with Gasteiger partial charge in [-0.2, -0.15) is 5.26 Å². The van der Waals surface area contributed by atoms with Gasteiger partial charge < -0.3 is 0 Å². The molecule has 0 N–H and O–H groups in total. The molecule has 0 heterocycles. The Morgan fingerprint density at radius 3 is 2.64 bits per heavy atom. The molecular formula is C13H15N. The third kappa shape index (κ3) is 1.96. The zero-order valence-corrected chi connectivity index (χ0v) is 8.32. The van der Waals surface area contributed by atoms with Gasteiger partial charge in [0, 0.05) is 5.92 Å². The number of benzene rings is 1. The highest BCUT2D eigenvalue weighted by molar-refractivity contribution is 5.20. The molecule has 0 aromatic heterocycles. The fourth-order valence-corrected chi connectivity index (χ4v) is 2.34. The average Bonchev–Trinajstić information content (AvgIpc) is 2.30. The second-order valence-corrected chi connectivity index (χ2v) is 4.10. The van der Waals surface area contributed by atoms with E-state index in [2.05, 4.69) is 30.3 Å². The maximum atomic E-state index is 8.91. The predicted octanol–water partition coefficient (Wildman–Crippen LogP) is 3.48. The standard InChI is InChI=1S/C13H15N/c14-10-11-5-4-8-13(9-11)12-6-2-1-3-7-12/h1-3,6-7,11,13H,4-5,8-9H2. The minimum Gasteiger partial charge on any atom is -0.198 e. The first-order valence-corrected chi connectivity index (χ1v) is 5.34. The van der Waals surface area contributed by atoms with E-state index >= 15 is 0 Å². The molecule has 0 aliphatic heterocycles. The topological polar surface area (TPSA) is 23.8 Å². The van der Waals surface area contributed by atoms with Gasteiger partial charge in [0.1, 0.15) is 0 Å². The van der Waals surface area contributed by atoms with Crippen molar-refractivity contribution in [1.29, 1.82) is 5.26 Å². The van der Waals surface area contributed by atoms with Crippen molar-refractivity contribution in [3.05, 3.63) is 35.9 Å². The Morgan fingerprint density at radius 2 is 1.93 bits per heavy atom. The lowest BCUT2D eigenvalue weighted by atomic mass is 9.79. The summed E-state index contributed by atoms with van der Waals surface area (Å²) in [6, 6.07) is 13.0. The molecule has 0 amide bonds. The quantitative estimate of drug-likeness (QED) is 0.657. The van der Waals surface area contributed by atoms with Crippen molar-refractivity contribution in [3.8, 4) is 6.07 Å². The summed E-state index contributed by atoms with van der Waals surface area (Å²) < 4.78 is 0. The van der Waals surface area contributed by atoms with Crippen LogP contribution in [0.25, 0.3) is 0 Å². The van der Waals surface area contributed by atoms with Gasteiger partial charge in [0.25, 0.3) is 0 Å². The molecule has 1 fully saturated rings. The third-order valence-corrected chi connectivity index (χ3v) is 3.13. The van der Waals surface area contributed by atoms with Crippen LogP contribution in [0.15, 0.2) is 30.3 Å². The lowest BCUT2D eigenvalue weighted by Gasteiger charge is -2.25. The van der Waals surface area contributed by atoms with E-state index in [0.29, 0.717) is 5.92 Å². The van der Waals surface area contributed by atoms with E-state index in [0.717, 1.165) is 12.8 Å². The summed E-state index contributed by atoms with van der Waals surface area (Å²) in [6.07, 6.45) is 4.61. The SMILES string of the molecule is N#CC1CCCC(c2ccccc2)C1. The number of rotatable bonds is 1. The van der Waals surface area contributed by atoms with Gasteiger partial charge in [0.2, 0.25) is 0 Å². The van der Waals surface area contributed by atoms with Crippen LogP contribution in [0.5, 0.6) is 0 Å². The Morgan fingerprint density at radius 1 is 1.14 bits per heavy atom. The molecule has 1 saturated carbocycles. The zero-order valence-electron chi connectivity index (χ0n) is 8.32. The summed E-state index contributed by atoms with van der Waals surface area (Å²) in [6.45, 7) is 0. The molecule has 1 aliphatic carbocycles. The molecule has 1 heteroatoms. The van der Waals surface area contributed by atoms with Crippen molar-refractivity contribution in [2.45, 2.75) is 31.6 Å². The second kappa shape index (κ2) is 4.28. The smallest absolute Gasteiger partial charge is 0.0656 e. The van der Waals surface area contributed by atoms with Gasteiger partial charge in [-0.3, -0.25) is 0 Å². The second-order valence-electron chi connectivity index (χ2n) is 4.10. The summed E-state index contributed by atoms with van der Waals surface area (Å²) in [5.74, 6) is 0.906. The summed E-state index contributed by atoms with van der Waals surface area (Å²) in [5, 5.41) is 8.91. The highest BCUT2D eigenvalue weighted by Gasteiger charge is 2.22. The summed E-state index contributed by atoms with van der Waals surface area (Å²) in [4.78, 5) is 0. The van der Waals surface area contributed by atoms with Crippen LogP contribution in [0.3, 0.4) is 0 Å². The molecule has 2 unspecified atom stereocenters. The van der Waals surface area contributed by atoms with E-state index in [9.17, 15) is 0 Å². The van der Waals surface area contributed by atoms with Crippen LogP contribution < -0.4 is 0 Å². The average molecular weight is 185 g/mol. The minimum atomic E-state index is 0.286. The van der Waals surface area contributed by atoms with Crippen LogP contribution in [-0.2, 0) is 0 Å². The van der Waals surface area contributed by atoms with Gasteiger partial charge in [-0.1, -0.05) is 36.8 Å². The van der Waals surface area contributed by atoms with E-state index in [1.165, 1.54) is 18.4 Å². The van der Waals surface area contributed by atoms with E-state index in [1.54, 1.807) is 0 Å². The Hall–Kier alpha value is -1.29. The number of nitrogens with zero attached hydrogens (tertiary/aromatic N) is 1. The number of hydrogen-bond acceptors (Lipinski definition) is 1. The lowest BCUT2D eigenvalue weighted by molar-refractivity contribution is 0.379. The van der Waals surface area contributed by atoms with E-state index < -0.39 is 0 Å². The van der Waals surface area contributed by atoms with Gasteiger partial charge in [-0.05, 0) is 30.7 Å². The van der Waals surface area contributed by atoms with E-state index in [1.807, 2.05) is 6.07 Å². The first kappa shape index (κ1) is 9.27. The highest BCUT2D eigenvalue weighted by Crippen LogP contribution is 2.35. The normalized spacial score (nSPS) is 26.8. The maximum absolute atomic E-state index is 8.91. The lowest BCUT2D eigenvalue weighted by Crippen LogP contribution is -2.12. The van der Waals surface area contributed by atoms with Crippen LogP contribution in [-0.4, -0.2) is 0 Å². The Bertz CT molecular complexity index is 323. The molecule has 2 atom stereocenters. The van der Waals surface area contributed by atoms with E-state index in [-0.39, 0.29) is 5.92 Å². The first-order chi connectivity index (χ1) is 6.90. The summed E-state index contributed by atoms with van der Waals surface area (Å²) >= 11 is 0. The highest BCUT2D eigenvalue weighted by atomic mass is 14.3. The van der Waals surface area contributed by atoms with Crippen LogP contribution in [0.1, 0.15) is 37.2 Å². The molecule has 1 aliphatic rings. The molecule has 0 saturated heterocycles. The minimum absolute atomic E-state index is 0.286. The van der Waals surface area contributed by atoms with Crippen molar-refractivity contribution in [1.82, 2.24) is 0 Å². The zero-order chi connectivity index (χ0) is 9.80. The van der Waals surface area contributed by atoms with E-state index in [4.69, 9.17) is 5.26 Å². The Labute approximate surface area is 85.4 Å². The molecule has 0 radical (unpaired) electrons. The molecule has 2 rings (SSSR count). The molecule has 1 aromatic rings. The number of hydrogen-bond donors (Lipinski definition) is 0. The van der Waals surface area contributed by atoms with Crippen LogP contribution in [0.2, 0.25) is 0 Å².